The number of carboxylic acid groups (broad SMARTS) is 1. The Morgan fingerprint density at radius 1 is 1.23 bits per heavy atom. The second kappa shape index (κ2) is 8.19. The molecule has 0 radical (unpaired) electrons. The summed E-state index contributed by atoms with van der Waals surface area (Å²) in [5.74, 6) is -2.31. The third-order valence-corrected chi connectivity index (χ3v) is 0.586. The molecular formula is C8H10O5. The Labute approximate surface area is 75.3 Å². The molecule has 0 unspecified atom stereocenters. The van der Waals surface area contributed by atoms with Crippen LogP contribution in [0.2, 0.25) is 0 Å². The van der Waals surface area contributed by atoms with E-state index in [1.165, 1.54) is 0 Å². The number of esters is 2. The van der Waals surface area contributed by atoms with Crippen molar-refractivity contribution in [3.63, 3.8) is 0 Å². The van der Waals surface area contributed by atoms with Crippen molar-refractivity contribution in [2.45, 2.75) is 6.92 Å². The van der Waals surface area contributed by atoms with E-state index in [2.05, 4.69) is 17.9 Å². The van der Waals surface area contributed by atoms with E-state index in [0.29, 0.717) is 0 Å². The van der Waals surface area contributed by atoms with Gasteiger partial charge in [0.05, 0.1) is 0 Å². The topological polar surface area (TPSA) is 80.7 Å². The third-order valence-electron chi connectivity index (χ3n) is 0.586. The normalized spacial score (nSPS) is 7.15. The largest absolute Gasteiger partial charge is 0.478 e. The van der Waals surface area contributed by atoms with E-state index in [-0.39, 0.29) is 0 Å². The Bertz CT molecular complexity index is 229. The summed E-state index contributed by atoms with van der Waals surface area (Å²) in [7, 11) is 0. The van der Waals surface area contributed by atoms with Crippen LogP contribution < -0.4 is 0 Å². The SMILES string of the molecule is C=CC(=O)O.C=CC(=O)OC(C)=O. The fraction of sp³-hybridized carbons (Fsp3) is 0.125. The van der Waals surface area contributed by atoms with E-state index < -0.39 is 17.9 Å². The maximum atomic E-state index is 10.1. The second-order valence-electron chi connectivity index (χ2n) is 1.66. The van der Waals surface area contributed by atoms with Gasteiger partial charge in [-0.15, -0.1) is 0 Å². The van der Waals surface area contributed by atoms with Gasteiger partial charge in [-0.25, -0.2) is 9.59 Å². The molecule has 0 aliphatic rings. The first-order chi connectivity index (χ1) is 5.93. The van der Waals surface area contributed by atoms with Crippen molar-refractivity contribution < 1.29 is 24.2 Å². The molecule has 72 valence electrons. The van der Waals surface area contributed by atoms with Gasteiger partial charge in [0.2, 0.25) is 0 Å². The van der Waals surface area contributed by atoms with Gasteiger partial charge in [-0.05, 0) is 0 Å². The summed E-state index contributed by atoms with van der Waals surface area (Å²) >= 11 is 0. The van der Waals surface area contributed by atoms with E-state index in [4.69, 9.17) is 5.11 Å². The zero-order valence-electron chi connectivity index (χ0n) is 7.15. The Balaban J connectivity index is 0. The van der Waals surface area contributed by atoms with Crippen LogP contribution in [0.1, 0.15) is 6.92 Å². The van der Waals surface area contributed by atoms with E-state index >= 15 is 0 Å². The third kappa shape index (κ3) is 17.8. The molecule has 0 atom stereocenters. The highest BCUT2D eigenvalue weighted by Crippen LogP contribution is 1.77. The molecule has 13 heavy (non-hydrogen) atoms. The fourth-order valence-corrected chi connectivity index (χ4v) is 0.183. The van der Waals surface area contributed by atoms with Crippen LogP contribution in [0.15, 0.2) is 25.3 Å². The maximum Gasteiger partial charge on any atom is 0.337 e. The van der Waals surface area contributed by atoms with Crippen LogP contribution in [0, 0.1) is 0 Å². The van der Waals surface area contributed by atoms with Gasteiger partial charge >= 0.3 is 17.9 Å². The molecule has 0 saturated carbocycles. The number of carbonyl (C=O) groups is 3. The monoisotopic (exact) mass is 186 g/mol. The molecule has 0 saturated heterocycles. The Kier molecular flexibility index (Phi) is 8.61. The van der Waals surface area contributed by atoms with Crippen molar-refractivity contribution in [3.8, 4) is 0 Å². The summed E-state index contributed by atoms with van der Waals surface area (Å²) in [6.45, 7) is 7.20. The van der Waals surface area contributed by atoms with Gasteiger partial charge in [0.1, 0.15) is 0 Å². The molecule has 5 nitrogen and oxygen atoms in total. The maximum absolute atomic E-state index is 10.1. The van der Waals surface area contributed by atoms with Crippen molar-refractivity contribution in [1.29, 1.82) is 0 Å². The van der Waals surface area contributed by atoms with Crippen molar-refractivity contribution >= 4 is 17.9 Å². The molecule has 0 heterocycles. The van der Waals surface area contributed by atoms with Crippen LogP contribution in [-0.2, 0) is 19.1 Å². The van der Waals surface area contributed by atoms with Crippen molar-refractivity contribution in [2.75, 3.05) is 0 Å². The van der Waals surface area contributed by atoms with Crippen molar-refractivity contribution in [3.05, 3.63) is 25.3 Å². The minimum Gasteiger partial charge on any atom is -0.478 e. The molecule has 0 fully saturated rings. The molecule has 0 amide bonds. The zero-order valence-corrected chi connectivity index (χ0v) is 7.15. The quantitative estimate of drug-likeness (QED) is 0.386. The van der Waals surface area contributed by atoms with Gasteiger partial charge in [-0.3, -0.25) is 4.79 Å². The lowest BCUT2D eigenvalue weighted by Gasteiger charge is -1.89. The molecule has 0 aromatic carbocycles. The highest BCUT2D eigenvalue weighted by Gasteiger charge is 1.96. The summed E-state index contributed by atoms with van der Waals surface area (Å²) in [5.41, 5.74) is 0. The van der Waals surface area contributed by atoms with Crippen LogP contribution in [0.25, 0.3) is 0 Å². The summed E-state index contributed by atoms with van der Waals surface area (Å²) in [6.07, 6.45) is 1.77. The van der Waals surface area contributed by atoms with Gasteiger partial charge in [0.15, 0.2) is 0 Å². The Morgan fingerprint density at radius 3 is 1.69 bits per heavy atom. The summed E-state index contributed by atoms with van der Waals surface area (Å²) < 4.78 is 4.00. The average molecular weight is 186 g/mol. The zero-order chi connectivity index (χ0) is 10.9. The van der Waals surface area contributed by atoms with E-state index in [1.807, 2.05) is 0 Å². The summed E-state index contributed by atoms with van der Waals surface area (Å²) in [5, 5.41) is 7.60. The average Bonchev–Trinajstić information content (AvgIpc) is 2.04. The smallest absolute Gasteiger partial charge is 0.337 e. The van der Waals surface area contributed by atoms with E-state index in [0.717, 1.165) is 19.1 Å². The number of rotatable bonds is 2. The van der Waals surface area contributed by atoms with Crippen LogP contribution >= 0.6 is 0 Å². The van der Waals surface area contributed by atoms with Crippen LogP contribution in [0.4, 0.5) is 0 Å². The van der Waals surface area contributed by atoms with Gasteiger partial charge in [0.25, 0.3) is 0 Å². The molecule has 0 spiro atoms. The molecule has 0 rings (SSSR count). The number of carbonyl (C=O) groups excluding carboxylic acids is 2. The molecule has 0 aromatic heterocycles. The van der Waals surface area contributed by atoms with E-state index in [9.17, 15) is 14.4 Å². The van der Waals surface area contributed by atoms with Crippen LogP contribution in [0.3, 0.4) is 0 Å². The Morgan fingerprint density at radius 2 is 1.62 bits per heavy atom. The highest BCUT2D eigenvalue weighted by molar-refractivity contribution is 5.90. The highest BCUT2D eigenvalue weighted by atomic mass is 16.6. The second-order valence-corrected chi connectivity index (χ2v) is 1.66. The number of hydrogen-bond acceptors (Lipinski definition) is 4. The lowest BCUT2D eigenvalue weighted by molar-refractivity contribution is -0.154. The summed E-state index contributed by atoms with van der Waals surface area (Å²) in [6, 6.07) is 0. The van der Waals surface area contributed by atoms with Gasteiger partial charge in [0, 0.05) is 19.1 Å². The lowest BCUT2D eigenvalue weighted by Crippen LogP contribution is -2.04. The van der Waals surface area contributed by atoms with Crippen molar-refractivity contribution in [2.24, 2.45) is 0 Å². The molecule has 1 N–H and O–H groups in total. The van der Waals surface area contributed by atoms with Gasteiger partial charge < -0.3 is 9.84 Å². The van der Waals surface area contributed by atoms with E-state index in [1.54, 1.807) is 0 Å². The summed E-state index contributed by atoms with van der Waals surface area (Å²) in [4.78, 5) is 29.2. The first kappa shape index (κ1) is 13.7. The van der Waals surface area contributed by atoms with Crippen molar-refractivity contribution in [1.82, 2.24) is 0 Å². The van der Waals surface area contributed by atoms with Crippen LogP contribution in [0.5, 0.6) is 0 Å². The molecular weight excluding hydrogens is 176 g/mol. The molecule has 5 heteroatoms. The predicted molar refractivity (Wildman–Crippen MR) is 44.8 cm³/mol. The molecule has 0 aromatic rings. The minimum atomic E-state index is -0.981. The molecule has 0 aliphatic carbocycles. The standard InChI is InChI=1S/C5H6O3.C3H4O2/c1-3-5(7)8-4(2)6;1-2-3(4)5/h3H,1H2,2H3;2H,1H2,(H,4,5). The number of ether oxygens (including phenoxy) is 1. The van der Waals surface area contributed by atoms with Gasteiger partial charge in [-0.2, -0.15) is 0 Å². The van der Waals surface area contributed by atoms with Gasteiger partial charge in [-0.1, -0.05) is 13.2 Å². The number of hydrogen-bond donors (Lipinski definition) is 1. The minimum absolute atomic E-state index is 0.616. The molecule has 0 aliphatic heterocycles. The van der Waals surface area contributed by atoms with Crippen LogP contribution in [-0.4, -0.2) is 23.0 Å². The molecule has 0 bridgehead atoms. The number of carboxylic acids is 1. The first-order valence-electron chi connectivity index (χ1n) is 3.14. The number of aliphatic carboxylic acids is 1. The fourth-order valence-electron chi connectivity index (χ4n) is 0.183. The predicted octanol–water partition coefficient (Wildman–Crippen LogP) is 0.519. The lowest BCUT2D eigenvalue weighted by atomic mass is 10.6. The Hall–Kier alpha value is -1.91. The first-order valence-corrected chi connectivity index (χ1v) is 3.14.